The third-order valence-corrected chi connectivity index (χ3v) is 6.90. The van der Waals surface area contributed by atoms with E-state index < -0.39 is 0 Å². The predicted octanol–water partition coefficient (Wildman–Crippen LogP) is 4.13. The Labute approximate surface area is 187 Å². The van der Waals surface area contributed by atoms with Crippen LogP contribution in [0.15, 0.2) is 24.3 Å². The SMILES string of the molecule is CN(C)c1nc(NC2CCC(CNCCCN3CCCCC3)CC2)nc2ccccc12. The highest BCUT2D eigenvalue weighted by atomic mass is 15.2. The Morgan fingerprint density at radius 1 is 1.00 bits per heavy atom. The summed E-state index contributed by atoms with van der Waals surface area (Å²) in [6.07, 6.45) is 10.5. The summed E-state index contributed by atoms with van der Waals surface area (Å²) in [4.78, 5) is 14.3. The molecule has 6 nitrogen and oxygen atoms in total. The zero-order valence-corrected chi connectivity index (χ0v) is 19.4. The van der Waals surface area contributed by atoms with Gasteiger partial charge >= 0.3 is 0 Å². The van der Waals surface area contributed by atoms with E-state index in [-0.39, 0.29) is 0 Å². The fourth-order valence-corrected chi connectivity index (χ4v) is 5.08. The number of nitrogens with one attached hydrogen (secondary N) is 2. The van der Waals surface area contributed by atoms with Gasteiger partial charge < -0.3 is 20.4 Å². The summed E-state index contributed by atoms with van der Waals surface area (Å²) in [7, 11) is 4.09. The van der Waals surface area contributed by atoms with Crippen molar-refractivity contribution in [2.45, 2.75) is 57.4 Å². The molecule has 0 bridgehead atoms. The van der Waals surface area contributed by atoms with E-state index in [2.05, 4.69) is 38.6 Å². The van der Waals surface area contributed by atoms with Crippen LogP contribution >= 0.6 is 0 Å². The molecule has 2 aromatic rings. The van der Waals surface area contributed by atoms with E-state index in [1.807, 2.05) is 20.2 Å². The van der Waals surface area contributed by atoms with E-state index in [1.165, 1.54) is 77.5 Å². The number of likely N-dealkylation sites (tertiary alicyclic amines) is 1. The number of hydrogen-bond donors (Lipinski definition) is 2. The molecule has 2 aliphatic rings. The molecular formula is C25H40N6. The van der Waals surface area contributed by atoms with Gasteiger partial charge in [0.15, 0.2) is 0 Å². The van der Waals surface area contributed by atoms with Crippen molar-refractivity contribution in [2.75, 3.05) is 57.0 Å². The third kappa shape index (κ3) is 6.30. The molecule has 4 rings (SSSR count). The Hall–Kier alpha value is -1.92. The number of benzene rings is 1. The van der Waals surface area contributed by atoms with Crippen molar-refractivity contribution in [1.82, 2.24) is 20.2 Å². The molecule has 0 spiro atoms. The Morgan fingerprint density at radius 2 is 1.77 bits per heavy atom. The molecule has 2 heterocycles. The largest absolute Gasteiger partial charge is 0.362 e. The molecule has 0 amide bonds. The normalized spacial score (nSPS) is 22.5. The zero-order chi connectivity index (χ0) is 21.5. The summed E-state index contributed by atoms with van der Waals surface area (Å²) in [6.45, 7) is 6.23. The van der Waals surface area contributed by atoms with Gasteiger partial charge in [0.1, 0.15) is 5.82 Å². The predicted molar refractivity (Wildman–Crippen MR) is 131 cm³/mol. The lowest BCUT2D eigenvalue weighted by Gasteiger charge is -2.30. The van der Waals surface area contributed by atoms with Crippen LogP contribution in [0.25, 0.3) is 10.9 Å². The number of hydrogen-bond acceptors (Lipinski definition) is 6. The Kier molecular flexibility index (Phi) is 7.97. The molecule has 1 aliphatic heterocycles. The maximum Gasteiger partial charge on any atom is 0.225 e. The summed E-state index contributed by atoms with van der Waals surface area (Å²) in [5, 5.41) is 8.45. The first-order valence-corrected chi connectivity index (χ1v) is 12.3. The van der Waals surface area contributed by atoms with Crippen LogP contribution in [0.5, 0.6) is 0 Å². The Balaban J connectivity index is 1.19. The molecule has 1 saturated heterocycles. The summed E-state index contributed by atoms with van der Waals surface area (Å²) >= 11 is 0. The van der Waals surface area contributed by atoms with E-state index in [9.17, 15) is 0 Å². The van der Waals surface area contributed by atoms with Crippen LogP contribution in [-0.2, 0) is 0 Å². The van der Waals surface area contributed by atoms with E-state index >= 15 is 0 Å². The van der Waals surface area contributed by atoms with E-state index in [4.69, 9.17) is 9.97 Å². The van der Waals surface area contributed by atoms with Crippen LogP contribution in [0.2, 0.25) is 0 Å². The van der Waals surface area contributed by atoms with E-state index in [0.29, 0.717) is 6.04 Å². The molecule has 1 aromatic heterocycles. The quantitative estimate of drug-likeness (QED) is 0.590. The van der Waals surface area contributed by atoms with E-state index in [0.717, 1.165) is 35.1 Å². The third-order valence-electron chi connectivity index (χ3n) is 6.90. The molecule has 6 heteroatoms. The second-order valence-electron chi connectivity index (χ2n) is 9.60. The molecule has 0 atom stereocenters. The molecule has 0 radical (unpaired) electrons. The Bertz CT molecular complexity index is 809. The summed E-state index contributed by atoms with van der Waals surface area (Å²) in [6, 6.07) is 8.74. The van der Waals surface area contributed by atoms with Crippen LogP contribution in [0.1, 0.15) is 51.4 Å². The van der Waals surface area contributed by atoms with Crippen molar-refractivity contribution in [3.05, 3.63) is 24.3 Å². The molecule has 170 valence electrons. The van der Waals surface area contributed by atoms with Crippen LogP contribution in [-0.4, -0.2) is 67.7 Å². The highest BCUT2D eigenvalue weighted by Gasteiger charge is 2.22. The van der Waals surface area contributed by atoms with Crippen molar-refractivity contribution in [2.24, 2.45) is 5.92 Å². The number of anilines is 2. The van der Waals surface area contributed by atoms with Gasteiger partial charge in [-0.25, -0.2) is 4.98 Å². The maximum absolute atomic E-state index is 4.81. The number of aromatic nitrogens is 2. The average Bonchev–Trinajstić information content (AvgIpc) is 2.80. The molecule has 1 aromatic carbocycles. The van der Waals surface area contributed by atoms with Gasteiger partial charge in [0, 0.05) is 25.5 Å². The summed E-state index contributed by atoms with van der Waals surface area (Å²) in [5.41, 5.74) is 1.01. The standard InChI is InChI=1S/C25H40N6/c1-30(2)24-22-9-4-5-10-23(22)28-25(29-24)27-21-13-11-20(12-14-21)19-26-15-8-18-31-16-6-3-7-17-31/h4-5,9-10,20-21,26H,3,6-8,11-19H2,1-2H3,(H,27,28,29). The van der Waals surface area contributed by atoms with Crippen molar-refractivity contribution < 1.29 is 0 Å². The topological polar surface area (TPSA) is 56.3 Å². The van der Waals surface area contributed by atoms with Gasteiger partial charge in [-0.2, -0.15) is 4.98 Å². The average molecular weight is 425 g/mol. The van der Waals surface area contributed by atoms with Gasteiger partial charge in [0.05, 0.1) is 5.52 Å². The minimum Gasteiger partial charge on any atom is -0.362 e. The van der Waals surface area contributed by atoms with Crippen LogP contribution in [0.3, 0.4) is 0 Å². The first-order valence-electron chi connectivity index (χ1n) is 12.3. The van der Waals surface area contributed by atoms with E-state index in [1.54, 1.807) is 0 Å². The lowest BCUT2D eigenvalue weighted by molar-refractivity contribution is 0.224. The van der Waals surface area contributed by atoms with Crippen molar-refractivity contribution in [3.8, 4) is 0 Å². The zero-order valence-electron chi connectivity index (χ0n) is 19.4. The highest BCUT2D eigenvalue weighted by Crippen LogP contribution is 2.28. The molecule has 1 aliphatic carbocycles. The van der Waals surface area contributed by atoms with Gasteiger partial charge in [-0.1, -0.05) is 18.6 Å². The number of fused-ring (bicyclic) bond motifs is 1. The monoisotopic (exact) mass is 424 g/mol. The van der Waals surface area contributed by atoms with Crippen molar-refractivity contribution in [1.29, 1.82) is 0 Å². The smallest absolute Gasteiger partial charge is 0.225 e. The van der Waals surface area contributed by atoms with Crippen LogP contribution in [0, 0.1) is 5.92 Å². The van der Waals surface area contributed by atoms with Crippen molar-refractivity contribution >= 4 is 22.7 Å². The first-order chi connectivity index (χ1) is 15.2. The molecule has 0 unspecified atom stereocenters. The first kappa shape index (κ1) is 22.3. The maximum atomic E-state index is 4.81. The van der Waals surface area contributed by atoms with Gasteiger partial charge in [-0.3, -0.25) is 0 Å². The molecular weight excluding hydrogens is 384 g/mol. The molecule has 31 heavy (non-hydrogen) atoms. The van der Waals surface area contributed by atoms with Gasteiger partial charge in [0.25, 0.3) is 0 Å². The van der Waals surface area contributed by atoms with Crippen LogP contribution < -0.4 is 15.5 Å². The second kappa shape index (κ2) is 11.1. The molecule has 1 saturated carbocycles. The number of rotatable bonds is 9. The van der Waals surface area contributed by atoms with Gasteiger partial charge in [0.2, 0.25) is 5.95 Å². The number of piperidine rings is 1. The lowest BCUT2D eigenvalue weighted by Crippen LogP contribution is -2.34. The van der Waals surface area contributed by atoms with Crippen LogP contribution in [0.4, 0.5) is 11.8 Å². The second-order valence-corrected chi connectivity index (χ2v) is 9.60. The minimum absolute atomic E-state index is 0.478. The Morgan fingerprint density at radius 3 is 2.55 bits per heavy atom. The number of nitrogens with zero attached hydrogens (tertiary/aromatic N) is 4. The summed E-state index contributed by atoms with van der Waals surface area (Å²) < 4.78 is 0. The lowest BCUT2D eigenvalue weighted by atomic mass is 9.86. The fourth-order valence-electron chi connectivity index (χ4n) is 5.08. The number of para-hydroxylation sites is 1. The molecule has 2 fully saturated rings. The van der Waals surface area contributed by atoms with Gasteiger partial charge in [-0.15, -0.1) is 0 Å². The molecule has 2 N–H and O–H groups in total. The fraction of sp³-hybridized carbons (Fsp3) is 0.680. The van der Waals surface area contributed by atoms with Crippen molar-refractivity contribution in [3.63, 3.8) is 0 Å². The highest BCUT2D eigenvalue weighted by molar-refractivity contribution is 5.90. The van der Waals surface area contributed by atoms with Gasteiger partial charge in [-0.05, 0) is 95.7 Å². The minimum atomic E-state index is 0.478. The summed E-state index contributed by atoms with van der Waals surface area (Å²) in [5.74, 6) is 2.56.